The lowest BCUT2D eigenvalue weighted by atomic mass is 9.99. The molecule has 2 fully saturated rings. The summed E-state index contributed by atoms with van der Waals surface area (Å²) in [5.41, 5.74) is 0.845. The second kappa shape index (κ2) is 9.46. The lowest BCUT2D eigenvalue weighted by Crippen LogP contribution is -2.54. The van der Waals surface area contributed by atoms with Crippen molar-refractivity contribution in [2.45, 2.75) is 25.3 Å². The molecule has 2 aliphatic heterocycles. The third kappa shape index (κ3) is 4.49. The summed E-state index contributed by atoms with van der Waals surface area (Å²) >= 11 is 0. The summed E-state index contributed by atoms with van der Waals surface area (Å²) < 4.78 is 26.7. The van der Waals surface area contributed by atoms with Crippen molar-refractivity contribution < 1.29 is 23.2 Å². The van der Waals surface area contributed by atoms with Crippen LogP contribution in [0.15, 0.2) is 48.5 Å². The minimum atomic E-state index is -1.07. The van der Waals surface area contributed by atoms with Crippen LogP contribution in [0.4, 0.5) is 8.78 Å². The first-order valence-electron chi connectivity index (χ1n) is 10.8. The average Bonchev–Trinajstić information content (AvgIpc) is 2.82. The summed E-state index contributed by atoms with van der Waals surface area (Å²) in [6.07, 6.45) is 2.13. The second-order valence-corrected chi connectivity index (χ2v) is 8.10. The maximum atomic E-state index is 13.5. The molecule has 2 heterocycles. The van der Waals surface area contributed by atoms with E-state index >= 15 is 0 Å². The first-order chi connectivity index (χ1) is 15.5. The van der Waals surface area contributed by atoms with Gasteiger partial charge in [-0.15, -0.1) is 0 Å². The number of piperidine rings is 1. The van der Waals surface area contributed by atoms with E-state index < -0.39 is 23.6 Å². The largest absolute Gasteiger partial charge is 0.337 e. The molecular formula is C24H25F2N3O3. The normalized spacial score (nSPS) is 17.9. The maximum Gasteiger partial charge on any atom is 0.254 e. The summed E-state index contributed by atoms with van der Waals surface area (Å²) in [5.74, 6) is -2.66. The van der Waals surface area contributed by atoms with Crippen LogP contribution < -0.4 is 0 Å². The molecule has 0 spiro atoms. The summed E-state index contributed by atoms with van der Waals surface area (Å²) in [7, 11) is 0. The predicted octanol–water partition coefficient (Wildman–Crippen LogP) is 3.00. The van der Waals surface area contributed by atoms with Crippen molar-refractivity contribution in [2.75, 3.05) is 32.7 Å². The number of nitrogens with zero attached hydrogens (tertiary/aromatic N) is 3. The van der Waals surface area contributed by atoms with Crippen LogP contribution in [0.5, 0.6) is 0 Å². The van der Waals surface area contributed by atoms with Crippen LogP contribution in [0.25, 0.3) is 0 Å². The number of benzene rings is 2. The van der Waals surface area contributed by atoms with Gasteiger partial charge in [-0.3, -0.25) is 14.4 Å². The number of rotatable bonds is 4. The van der Waals surface area contributed by atoms with E-state index in [0.29, 0.717) is 26.1 Å². The fourth-order valence-corrected chi connectivity index (χ4v) is 4.31. The van der Waals surface area contributed by atoms with E-state index in [1.54, 1.807) is 9.80 Å². The van der Waals surface area contributed by atoms with Crippen molar-refractivity contribution in [1.82, 2.24) is 14.7 Å². The lowest BCUT2D eigenvalue weighted by molar-refractivity contribution is -0.148. The number of hydrogen-bond donors (Lipinski definition) is 0. The van der Waals surface area contributed by atoms with Crippen molar-refractivity contribution in [3.05, 3.63) is 71.3 Å². The standard InChI is InChI=1S/C24H25F2N3O3/c25-19-10-9-18(16-20(19)26)23(31)27-12-14-28(15-13-27)24(32)22(17-6-2-1-3-7-17)29-11-5-4-8-21(29)30/h1-3,6-7,9-10,16,22H,4-5,8,11-15H2. The molecule has 3 amide bonds. The highest BCUT2D eigenvalue weighted by atomic mass is 19.2. The summed E-state index contributed by atoms with van der Waals surface area (Å²) in [6.45, 7) is 1.70. The van der Waals surface area contributed by atoms with Gasteiger partial charge in [-0.25, -0.2) is 8.78 Å². The molecule has 2 aliphatic rings. The van der Waals surface area contributed by atoms with Crippen molar-refractivity contribution in [2.24, 2.45) is 0 Å². The van der Waals surface area contributed by atoms with Crippen molar-refractivity contribution >= 4 is 17.7 Å². The van der Waals surface area contributed by atoms with E-state index in [0.717, 1.165) is 30.5 Å². The smallest absolute Gasteiger partial charge is 0.254 e. The van der Waals surface area contributed by atoms with Gasteiger partial charge < -0.3 is 14.7 Å². The summed E-state index contributed by atoms with van der Waals surface area (Å²) in [5, 5.41) is 0. The molecule has 32 heavy (non-hydrogen) atoms. The Kier molecular flexibility index (Phi) is 6.48. The molecule has 0 bridgehead atoms. The molecule has 0 aromatic heterocycles. The molecule has 6 nitrogen and oxygen atoms in total. The van der Waals surface area contributed by atoms with E-state index in [1.165, 1.54) is 11.0 Å². The minimum Gasteiger partial charge on any atom is -0.337 e. The quantitative estimate of drug-likeness (QED) is 0.733. The van der Waals surface area contributed by atoms with Crippen LogP contribution >= 0.6 is 0 Å². The lowest BCUT2D eigenvalue weighted by Gasteiger charge is -2.40. The molecule has 0 N–H and O–H groups in total. The predicted molar refractivity (Wildman–Crippen MR) is 114 cm³/mol. The van der Waals surface area contributed by atoms with E-state index in [4.69, 9.17) is 0 Å². The van der Waals surface area contributed by atoms with E-state index in [-0.39, 0.29) is 30.5 Å². The molecule has 0 saturated carbocycles. The molecule has 8 heteroatoms. The van der Waals surface area contributed by atoms with Gasteiger partial charge in [0.05, 0.1) is 0 Å². The minimum absolute atomic E-state index is 0.0226. The maximum absolute atomic E-state index is 13.5. The number of piperazine rings is 1. The average molecular weight is 441 g/mol. The fraction of sp³-hybridized carbons (Fsp3) is 0.375. The van der Waals surface area contributed by atoms with Crippen LogP contribution in [0.1, 0.15) is 41.2 Å². The number of amides is 3. The zero-order valence-electron chi connectivity index (χ0n) is 17.7. The third-order valence-electron chi connectivity index (χ3n) is 6.07. The van der Waals surface area contributed by atoms with Gasteiger partial charge in [-0.2, -0.15) is 0 Å². The number of halogens is 2. The first-order valence-corrected chi connectivity index (χ1v) is 10.8. The Morgan fingerprint density at radius 3 is 2.16 bits per heavy atom. The van der Waals surface area contributed by atoms with E-state index in [9.17, 15) is 23.2 Å². The zero-order valence-corrected chi connectivity index (χ0v) is 17.7. The topological polar surface area (TPSA) is 60.9 Å². The molecule has 2 saturated heterocycles. The molecule has 2 aromatic rings. The van der Waals surface area contributed by atoms with Crippen molar-refractivity contribution in [3.63, 3.8) is 0 Å². The SMILES string of the molecule is O=C(c1ccc(F)c(F)c1)N1CCN(C(=O)C(c2ccccc2)N2CCCCC2=O)CC1. The van der Waals surface area contributed by atoms with Gasteiger partial charge in [-0.1, -0.05) is 30.3 Å². The first kappa shape index (κ1) is 21.9. The Bertz CT molecular complexity index is 1010. The fourth-order valence-electron chi connectivity index (χ4n) is 4.31. The van der Waals surface area contributed by atoms with Gasteiger partial charge >= 0.3 is 0 Å². The van der Waals surface area contributed by atoms with Crippen LogP contribution in [0, 0.1) is 11.6 Å². The number of hydrogen-bond acceptors (Lipinski definition) is 3. The van der Waals surface area contributed by atoms with Gasteiger partial charge in [0.25, 0.3) is 5.91 Å². The molecular weight excluding hydrogens is 416 g/mol. The Morgan fingerprint density at radius 2 is 1.50 bits per heavy atom. The van der Waals surface area contributed by atoms with E-state index in [2.05, 4.69) is 0 Å². The molecule has 1 unspecified atom stereocenters. The van der Waals surface area contributed by atoms with Crippen LogP contribution in [0.2, 0.25) is 0 Å². The molecule has 1 atom stereocenters. The Morgan fingerprint density at radius 1 is 0.812 bits per heavy atom. The van der Waals surface area contributed by atoms with Crippen molar-refractivity contribution in [1.29, 1.82) is 0 Å². The van der Waals surface area contributed by atoms with Crippen LogP contribution in [-0.2, 0) is 9.59 Å². The van der Waals surface area contributed by atoms with Crippen molar-refractivity contribution in [3.8, 4) is 0 Å². The summed E-state index contributed by atoms with van der Waals surface area (Å²) in [4.78, 5) is 43.6. The van der Waals surface area contributed by atoms with Gasteiger partial charge in [0, 0.05) is 44.7 Å². The molecule has 168 valence electrons. The second-order valence-electron chi connectivity index (χ2n) is 8.10. The van der Waals surface area contributed by atoms with Crippen LogP contribution in [-0.4, -0.2) is 65.1 Å². The van der Waals surface area contributed by atoms with E-state index in [1.807, 2.05) is 30.3 Å². The van der Waals surface area contributed by atoms with Crippen LogP contribution in [0.3, 0.4) is 0 Å². The van der Waals surface area contributed by atoms with Gasteiger partial charge in [-0.05, 0) is 36.6 Å². The molecule has 2 aromatic carbocycles. The highest BCUT2D eigenvalue weighted by molar-refractivity contribution is 5.94. The molecule has 4 rings (SSSR count). The number of likely N-dealkylation sites (tertiary alicyclic amines) is 1. The third-order valence-corrected chi connectivity index (χ3v) is 6.07. The van der Waals surface area contributed by atoms with Gasteiger partial charge in [0.1, 0.15) is 6.04 Å². The monoisotopic (exact) mass is 441 g/mol. The zero-order chi connectivity index (χ0) is 22.7. The highest BCUT2D eigenvalue weighted by Gasteiger charge is 2.36. The van der Waals surface area contributed by atoms with Gasteiger partial charge in [0.15, 0.2) is 11.6 Å². The number of carbonyl (C=O) groups is 3. The Labute approximate surface area is 185 Å². The van der Waals surface area contributed by atoms with Gasteiger partial charge in [0.2, 0.25) is 11.8 Å². The molecule has 0 radical (unpaired) electrons. The number of carbonyl (C=O) groups excluding carboxylic acids is 3. The highest BCUT2D eigenvalue weighted by Crippen LogP contribution is 2.28. The molecule has 0 aliphatic carbocycles. The Hall–Kier alpha value is -3.29. The summed E-state index contributed by atoms with van der Waals surface area (Å²) in [6, 6.07) is 11.7. The Balaban J connectivity index is 1.47.